The summed E-state index contributed by atoms with van der Waals surface area (Å²) in [5, 5.41) is 14.9. The molecule has 3 heterocycles. The summed E-state index contributed by atoms with van der Waals surface area (Å²) in [7, 11) is 0. The minimum atomic E-state index is 0.499. The van der Waals surface area contributed by atoms with E-state index in [1.807, 2.05) is 51.1 Å². The third kappa shape index (κ3) is 3.65. The lowest BCUT2D eigenvalue weighted by molar-refractivity contribution is 0.466. The molecular weight excluding hydrogens is 402 g/mol. The number of aryl methyl sites for hydroxylation is 3. The fraction of sp³-hybridized carbons (Fsp3) is 0.222. The van der Waals surface area contributed by atoms with Crippen molar-refractivity contribution in [2.45, 2.75) is 31.7 Å². The molecule has 0 N–H and O–H groups in total. The standard InChI is InChI=1S/C18H16ClN5OS2/c1-10-14(16(19)24(23-10)13-7-5-4-6-8-13)9-26-18-22-21-17(25-18)15-11(2)20-12(3)27-15/h4-8H,9H2,1-3H3. The Morgan fingerprint density at radius 2 is 1.89 bits per heavy atom. The third-order valence-corrected chi connectivity index (χ3v) is 6.26. The highest BCUT2D eigenvalue weighted by atomic mass is 35.5. The predicted octanol–water partition coefficient (Wildman–Crippen LogP) is 5.25. The first kappa shape index (κ1) is 18.2. The Kier molecular flexibility index (Phi) is 5.03. The zero-order valence-electron chi connectivity index (χ0n) is 14.9. The van der Waals surface area contributed by atoms with Gasteiger partial charge < -0.3 is 4.42 Å². The Labute approximate surface area is 169 Å². The van der Waals surface area contributed by atoms with E-state index in [-0.39, 0.29) is 0 Å². The second kappa shape index (κ2) is 7.46. The molecule has 27 heavy (non-hydrogen) atoms. The molecule has 0 saturated carbocycles. The summed E-state index contributed by atoms with van der Waals surface area (Å²) in [6.07, 6.45) is 0. The fourth-order valence-corrected chi connectivity index (χ4v) is 4.77. The molecule has 0 amide bonds. The van der Waals surface area contributed by atoms with Gasteiger partial charge in [-0.15, -0.1) is 21.5 Å². The lowest BCUT2D eigenvalue weighted by Crippen LogP contribution is -1.95. The molecule has 4 aromatic rings. The van der Waals surface area contributed by atoms with Crippen molar-refractivity contribution in [3.8, 4) is 16.5 Å². The van der Waals surface area contributed by atoms with Crippen LogP contribution in [0, 0.1) is 20.8 Å². The molecule has 9 heteroatoms. The van der Waals surface area contributed by atoms with E-state index in [9.17, 15) is 0 Å². The van der Waals surface area contributed by atoms with Gasteiger partial charge in [0.15, 0.2) is 0 Å². The van der Waals surface area contributed by atoms with Crippen LogP contribution in [0.4, 0.5) is 0 Å². The van der Waals surface area contributed by atoms with E-state index >= 15 is 0 Å². The van der Waals surface area contributed by atoms with E-state index < -0.39 is 0 Å². The number of rotatable bonds is 5. The minimum absolute atomic E-state index is 0.499. The normalized spacial score (nSPS) is 11.3. The highest BCUT2D eigenvalue weighted by Crippen LogP contribution is 2.33. The number of benzene rings is 1. The van der Waals surface area contributed by atoms with Crippen molar-refractivity contribution in [1.29, 1.82) is 0 Å². The van der Waals surface area contributed by atoms with E-state index in [2.05, 4.69) is 20.3 Å². The zero-order chi connectivity index (χ0) is 19.0. The SMILES string of the molecule is Cc1nc(C)c(-c2nnc(SCc3c(C)nn(-c4ccccc4)c3Cl)o2)s1. The summed E-state index contributed by atoms with van der Waals surface area (Å²) in [4.78, 5) is 5.32. The average Bonchev–Trinajstić information content (AvgIpc) is 3.32. The van der Waals surface area contributed by atoms with E-state index in [1.54, 1.807) is 16.0 Å². The van der Waals surface area contributed by atoms with Gasteiger partial charge in [-0.3, -0.25) is 0 Å². The van der Waals surface area contributed by atoms with Crippen LogP contribution in [0.1, 0.15) is 22.0 Å². The van der Waals surface area contributed by atoms with Crippen LogP contribution in [-0.4, -0.2) is 25.0 Å². The molecule has 3 aromatic heterocycles. The first-order valence-electron chi connectivity index (χ1n) is 8.23. The molecule has 0 aliphatic carbocycles. The lowest BCUT2D eigenvalue weighted by atomic mass is 10.3. The molecule has 6 nitrogen and oxygen atoms in total. The molecule has 0 atom stereocenters. The largest absolute Gasteiger partial charge is 0.410 e. The Morgan fingerprint density at radius 3 is 2.59 bits per heavy atom. The van der Waals surface area contributed by atoms with Gasteiger partial charge >= 0.3 is 0 Å². The molecule has 0 radical (unpaired) electrons. The van der Waals surface area contributed by atoms with E-state index in [1.165, 1.54) is 11.8 Å². The number of para-hydroxylation sites is 1. The predicted molar refractivity (Wildman–Crippen MR) is 108 cm³/mol. The molecule has 0 saturated heterocycles. The number of halogens is 1. The van der Waals surface area contributed by atoms with Crippen molar-refractivity contribution in [2.24, 2.45) is 0 Å². The zero-order valence-corrected chi connectivity index (χ0v) is 17.3. The molecule has 0 aliphatic rings. The molecule has 0 bridgehead atoms. The Morgan fingerprint density at radius 1 is 1.11 bits per heavy atom. The van der Waals surface area contributed by atoms with Gasteiger partial charge in [-0.25, -0.2) is 9.67 Å². The van der Waals surface area contributed by atoms with Crippen LogP contribution in [0.25, 0.3) is 16.5 Å². The number of hydrogen-bond acceptors (Lipinski definition) is 7. The van der Waals surface area contributed by atoms with Crippen molar-refractivity contribution in [1.82, 2.24) is 25.0 Å². The van der Waals surface area contributed by atoms with Crippen LogP contribution < -0.4 is 0 Å². The van der Waals surface area contributed by atoms with Crippen molar-refractivity contribution in [2.75, 3.05) is 0 Å². The molecular formula is C18H16ClN5OS2. The first-order chi connectivity index (χ1) is 13.0. The number of hydrogen-bond donors (Lipinski definition) is 0. The van der Waals surface area contributed by atoms with Gasteiger partial charge in [-0.2, -0.15) is 5.10 Å². The van der Waals surface area contributed by atoms with Crippen LogP contribution in [0.15, 0.2) is 40.0 Å². The van der Waals surface area contributed by atoms with Crippen LogP contribution in [0.3, 0.4) is 0 Å². The Hall–Kier alpha value is -2.16. The summed E-state index contributed by atoms with van der Waals surface area (Å²) >= 11 is 9.56. The van der Waals surface area contributed by atoms with Crippen molar-refractivity contribution in [3.63, 3.8) is 0 Å². The summed E-state index contributed by atoms with van der Waals surface area (Å²) < 4.78 is 7.54. The van der Waals surface area contributed by atoms with Crippen molar-refractivity contribution < 1.29 is 4.42 Å². The van der Waals surface area contributed by atoms with Gasteiger partial charge in [0.2, 0.25) is 0 Å². The van der Waals surface area contributed by atoms with Crippen molar-refractivity contribution >= 4 is 34.7 Å². The molecule has 0 fully saturated rings. The number of thiazole rings is 1. The van der Waals surface area contributed by atoms with Gasteiger partial charge in [-0.1, -0.05) is 41.6 Å². The van der Waals surface area contributed by atoms with E-state index in [4.69, 9.17) is 16.0 Å². The van der Waals surface area contributed by atoms with E-state index in [0.717, 1.165) is 32.5 Å². The van der Waals surface area contributed by atoms with Gasteiger partial charge in [0, 0.05) is 11.3 Å². The topological polar surface area (TPSA) is 69.6 Å². The molecule has 1 aromatic carbocycles. The monoisotopic (exact) mass is 417 g/mol. The maximum atomic E-state index is 6.57. The van der Waals surface area contributed by atoms with Gasteiger partial charge in [0.05, 0.1) is 22.1 Å². The van der Waals surface area contributed by atoms with E-state index in [0.29, 0.717) is 22.0 Å². The smallest absolute Gasteiger partial charge is 0.277 e. The molecule has 0 unspecified atom stereocenters. The minimum Gasteiger partial charge on any atom is -0.410 e. The maximum Gasteiger partial charge on any atom is 0.277 e. The first-order valence-corrected chi connectivity index (χ1v) is 10.4. The second-order valence-electron chi connectivity index (χ2n) is 5.91. The Balaban J connectivity index is 1.53. The molecule has 0 spiro atoms. The highest BCUT2D eigenvalue weighted by Gasteiger charge is 2.18. The maximum absolute atomic E-state index is 6.57. The van der Waals surface area contributed by atoms with Gasteiger partial charge in [0.1, 0.15) is 10.0 Å². The summed E-state index contributed by atoms with van der Waals surface area (Å²) in [5.41, 5.74) is 3.67. The number of aromatic nitrogens is 5. The number of thioether (sulfide) groups is 1. The quantitative estimate of drug-likeness (QED) is 0.413. The summed E-state index contributed by atoms with van der Waals surface area (Å²) in [6, 6.07) is 9.82. The fourth-order valence-electron chi connectivity index (χ4n) is 2.66. The van der Waals surface area contributed by atoms with Crippen LogP contribution in [0.5, 0.6) is 0 Å². The van der Waals surface area contributed by atoms with Crippen LogP contribution >= 0.6 is 34.7 Å². The summed E-state index contributed by atoms with van der Waals surface area (Å²) in [5.74, 6) is 1.10. The van der Waals surface area contributed by atoms with Gasteiger partial charge in [-0.05, 0) is 32.9 Å². The average molecular weight is 418 g/mol. The van der Waals surface area contributed by atoms with Gasteiger partial charge in [0.25, 0.3) is 11.1 Å². The highest BCUT2D eigenvalue weighted by molar-refractivity contribution is 7.98. The van der Waals surface area contributed by atoms with Crippen molar-refractivity contribution in [3.05, 3.63) is 57.4 Å². The van der Waals surface area contributed by atoms with Crippen LogP contribution in [0.2, 0.25) is 5.15 Å². The molecule has 0 aliphatic heterocycles. The second-order valence-corrected chi connectivity index (χ2v) is 8.40. The Bertz CT molecular complexity index is 1090. The summed E-state index contributed by atoms with van der Waals surface area (Å²) in [6.45, 7) is 5.85. The lowest BCUT2D eigenvalue weighted by Gasteiger charge is -2.02. The molecule has 138 valence electrons. The van der Waals surface area contributed by atoms with Crippen LogP contribution in [-0.2, 0) is 5.75 Å². The third-order valence-electron chi connectivity index (χ3n) is 3.97. The number of nitrogens with zero attached hydrogens (tertiary/aromatic N) is 5. The molecule has 4 rings (SSSR count).